The molecule has 0 aliphatic carbocycles. The van der Waals surface area contributed by atoms with Crippen molar-refractivity contribution >= 4 is 5.97 Å². The number of hydrogen-bond acceptors (Lipinski definition) is 5. The number of carboxylic acids is 1. The molecule has 0 spiro atoms. The minimum Gasteiger partial charge on any atom is -0.479 e. The summed E-state index contributed by atoms with van der Waals surface area (Å²) in [4.78, 5) is 10.7. The highest BCUT2D eigenvalue weighted by Gasteiger charge is 2.47. The Morgan fingerprint density at radius 2 is 1.89 bits per heavy atom. The zero-order chi connectivity index (χ0) is 13.1. The molecule has 0 radical (unpaired) electrons. The Bertz CT molecular complexity index is 406. The maximum atomic E-state index is 10.7. The van der Waals surface area contributed by atoms with Gasteiger partial charge >= 0.3 is 5.97 Å². The van der Waals surface area contributed by atoms with Crippen molar-refractivity contribution in [2.24, 2.45) is 0 Å². The van der Waals surface area contributed by atoms with E-state index in [2.05, 4.69) is 0 Å². The normalized spacial score (nSPS) is 31.4. The van der Waals surface area contributed by atoms with E-state index in [1.807, 2.05) is 30.3 Å². The average Bonchev–Trinajstić information content (AvgIpc) is 2.65. The Kier molecular flexibility index (Phi) is 3.93. The lowest BCUT2D eigenvalue weighted by Crippen LogP contribution is -2.36. The lowest BCUT2D eigenvalue weighted by molar-refractivity contribution is -0.184. The fraction of sp³-hybridized carbons (Fsp3) is 0.417. The molecule has 6 nitrogen and oxygen atoms in total. The van der Waals surface area contributed by atoms with Crippen LogP contribution in [-0.4, -0.2) is 45.9 Å². The molecule has 0 amide bonds. The maximum absolute atomic E-state index is 10.7. The Hall–Kier alpha value is -1.47. The maximum Gasteiger partial charge on any atom is 0.335 e. The number of hydrogen-bond donors (Lipinski definition) is 3. The molecule has 1 aromatic rings. The van der Waals surface area contributed by atoms with Gasteiger partial charge in [0.1, 0.15) is 12.2 Å². The summed E-state index contributed by atoms with van der Waals surface area (Å²) >= 11 is 0. The number of aliphatic hydroxyl groups excluding tert-OH is 2. The molecule has 1 saturated heterocycles. The van der Waals surface area contributed by atoms with Crippen LogP contribution >= 0.6 is 0 Å². The lowest BCUT2D eigenvalue weighted by Gasteiger charge is -2.15. The topological polar surface area (TPSA) is 96.2 Å². The highest BCUT2D eigenvalue weighted by atomic mass is 16.7. The minimum atomic E-state index is -1.48. The van der Waals surface area contributed by atoms with Gasteiger partial charge in [0.25, 0.3) is 0 Å². The van der Waals surface area contributed by atoms with Crippen molar-refractivity contribution in [3.8, 4) is 0 Å². The SMILES string of the molecule is O=C(O)[C@H]1O[C@@H](OCc2ccccc2)[C@H](O)[C@@H]1O. The first-order valence-corrected chi connectivity index (χ1v) is 5.49. The number of carbonyl (C=O) groups is 1. The van der Waals surface area contributed by atoms with Gasteiger partial charge in [-0.3, -0.25) is 0 Å². The van der Waals surface area contributed by atoms with E-state index in [0.717, 1.165) is 5.56 Å². The van der Waals surface area contributed by atoms with Gasteiger partial charge in [0.15, 0.2) is 12.4 Å². The van der Waals surface area contributed by atoms with Crippen LogP contribution < -0.4 is 0 Å². The summed E-state index contributed by atoms with van der Waals surface area (Å²) < 4.78 is 10.2. The number of carboxylic acid groups (broad SMARTS) is 1. The molecule has 3 N–H and O–H groups in total. The molecule has 4 atom stereocenters. The van der Waals surface area contributed by atoms with E-state index in [1.54, 1.807) is 0 Å². The summed E-state index contributed by atoms with van der Waals surface area (Å²) in [7, 11) is 0. The van der Waals surface area contributed by atoms with Crippen LogP contribution in [0, 0.1) is 0 Å². The van der Waals surface area contributed by atoms with Gasteiger partial charge in [0.2, 0.25) is 0 Å². The van der Waals surface area contributed by atoms with Crippen molar-refractivity contribution in [2.75, 3.05) is 0 Å². The van der Waals surface area contributed by atoms with Crippen LogP contribution in [0.5, 0.6) is 0 Å². The van der Waals surface area contributed by atoms with Gasteiger partial charge in [0.05, 0.1) is 6.61 Å². The first-order valence-electron chi connectivity index (χ1n) is 5.49. The second kappa shape index (κ2) is 5.45. The quantitative estimate of drug-likeness (QED) is 0.684. The molecule has 0 aromatic heterocycles. The largest absolute Gasteiger partial charge is 0.479 e. The Balaban J connectivity index is 1.93. The van der Waals surface area contributed by atoms with Crippen LogP contribution in [0.15, 0.2) is 30.3 Å². The fourth-order valence-electron chi connectivity index (χ4n) is 1.74. The van der Waals surface area contributed by atoms with Crippen LogP contribution in [0.4, 0.5) is 0 Å². The third-order valence-corrected chi connectivity index (χ3v) is 2.72. The van der Waals surface area contributed by atoms with Gasteiger partial charge < -0.3 is 24.8 Å². The molecule has 0 bridgehead atoms. The van der Waals surface area contributed by atoms with E-state index in [4.69, 9.17) is 14.6 Å². The summed E-state index contributed by atoms with van der Waals surface area (Å²) in [6.07, 6.45) is -5.44. The molecule has 1 heterocycles. The Morgan fingerprint density at radius 3 is 2.44 bits per heavy atom. The molecular weight excluding hydrogens is 240 g/mol. The summed E-state index contributed by atoms with van der Waals surface area (Å²) in [5, 5.41) is 27.8. The highest BCUT2D eigenvalue weighted by molar-refractivity contribution is 5.73. The van der Waals surface area contributed by atoms with Crippen LogP contribution in [0.3, 0.4) is 0 Å². The molecule has 6 heteroatoms. The molecule has 0 unspecified atom stereocenters. The predicted octanol–water partition coefficient (Wildman–Crippen LogP) is -0.266. The number of aliphatic carboxylic acids is 1. The summed E-state index contributed by atoms with van der Waals surface area (Å²) in [6.45, 7) is 0.168. The number of rotatable bonds is 4. The highest BCUT2D eigenvalue weighted by Crippen LogP contribution is 2.23. The number of ether oxygens (including phenoxy) is 2. The predicted molar refractivity (Wildman–Crippen MR) is 59.5 cm³/mol. The van der Waals surface area contributed by atoms with Crippen molar-refractivity contribution in [1.82, 2.24) is 0 Å². The van der Waals surface area contributed by atoms with Crippen LogP contribution in [-0.2, 0) is 20.9 Å². The van der Waals surface area contributed by atoms with E-state index in [-0.39, 0.29) is 6.61 Å². The van der Waals surface area contributed by atoms with Crippen molar-refractivity contribution < 1.29 is 29.6 Å². The number of benzene rings is 1. The van der Waals surface area contributed by atoms with Gasteiger partial charge in [-0.05, 0) is 5.56 Å². The van der Waals surface area contributed by atoms with Crippen LogP contribution in [0.1, 0.15) is 5.56 Å². The Labute approximate surface area is 103 Å². The van der Waals surface area contributed by atoms with E-state index in [1.165, 1.54) is 0 Å². The van der Waals surface area contributed by atoms with Crippen LogP contribution in [0.2, 0.25) is 0 Å². The molecule has 1 aliphatic rings. The summed E-state index contributed by atoms with van der Waals surface area (Å²) in [5.74, 6) is -1.33. The third kappa shape index (κ3) is 2.68. The minimum absolute atomic E-state index is 0.168. The van der Waals surface area contributed by atoms with E-state index >= 15 is 0 Å². The average molecular weight is 254 g/mol. The van der Waals surface area contributed by atoms with Crippen LogP contribution in [0.25, 0.3) is 0 Å². The van der Waals surface area contributed by atoms with E-state index in [0.29, 0.717) is 0 Å². The molecular formula is C12H14O6. The van der Waals surface area contributed by atoms with Crippen molar-refractivity contribution in [3.63, 3.8) is 0 Å². The monoisotopic (exact) mass is 254 g/mol. The molecule has 1 aromatic carbocycles. The van der Waals surface area contributed by atoms with Gasteiger partial charge in [-0.1, -0.05) is 30.3 Å². The summed E-state index contributed by atoms with van der Waals surface area (Å²) in [6, 6.07) is 9.17. The van der Waals surface area contributed by atoms with Gasteiger partial charge in [0, 0.05) is 0 Å². The van der Waals surface area contributed by atoms with Gasteiger partial charge in [-0.15, -0.1) is 0 Å². The fourth-order valence-corrected chi connectivity index (χ4v) is 1.74. The molecule has 18 heavy (non-hydrogen) atoms. The summed E-state index contributed by atoms with van der Waals surface area (Å²) in [5.41, 5.74) is 0.863. The smallest absolute Gasteiger partial charge is 0.335 e. The Morgan fingerprint density at radius 1 is 1.22 bits per heavy atom. The molecule has 2 rings (SSSR count). The zero-order valence-corrected chi connectivity index (χ0v) is 9.47. The lowest BCUT2D eigenvalue weighted by atomic mass is 10.1. The molecule has 98 valence electrons. The second-order valence-electron chi connectivity index (χ2n) is 4.04. The van der Waals surface area contributed by atoms with Crippen molar-refractivity contribution in [3.05, 3.63) is 35.9 Å². The second-order valence-corrected chi connectivity index (χ2v) is 4.04. The van der Waals surface area contributed by atoms with E-state index in [9.17, 15) is 15.0 Å². The zero-order valence-electron chi connectivity index (χ0n) is 9.47. The van der Waals surface area contributed by atoms with Crippen molar-refractivity contribution in [1.29, 1.82) is 0 Å². The molecule has 0 saturated carbocycles. The van der Waals surface area contributed by atoms with Crippen molar-refractivity contribution in [2.45, 2.75) is 31.2 Å². The van der Waals surface area contributed by atoms with Gasteiger partial charge in [-0.2, -0.15) is 0 Å². The molecule has 1 aliphatic heterocycles. The van der Waals surface area contributed by atoms with Gasteiger partial charge in [-0.25, -0.2) is 4.79 Å². The standard InChI is InChI=1S/C12H14O6/c13-8-9(14)12(18-10(8)11(15)16)17-6-7-4-2-1-3-5-7/h1-5,8-10,12-14H,6H2,(H,15,16)/t8-,9+,10-,12+/m0/s1. The first-order chi connectivity index (χ1) is 8.59. The van der Waals surface area contributed by atoms with E-state index < -0.39 is 30.6 Å². The third-order valence-electron chi connectivity index (χ3n) is 2.72. The number of aliphatic hydroxyl groups is 2. The first kappa shape index (κ1) is 13.0. The molecule has 1 fully saturated rings.